The highest BCUT2D eigenvalue weighted by molar-refractivity contribution is 5.88. The quantitative estimate of drug-likeness (QED) is 0.200. The lowest BCUT2D eigenvalue weighted by atomic mass is 9.98. The van der Waals surface area contributed by atoms with Crippen LogP contribution in [0.4, 0.5) is 0 Å². The van der Waals surface area contributed by atoms with Crippen LogP contribution in [-0.4, -0.2) is 19.9 Å². The van der Waals surface area contributed by atoms with Crippen molar-refractivity contribution < 1.29 is 0 Å². The lowest BCUT2D eigenvalue weighted by Gasteiger charge is -2.13. The van der Waals surface area contributed by atoms with E-state index in [-0.39, 0.29) is 0 Å². The van der Waals surface area contributed by atoms with Gasteiger partial charge in [0, 0.05) is 22.3 Å². The molecule has 46 heavy (non-hydrogen) atoms. The SMILES string of the molecule is Cc1ccc2nc(-c3ccccc3)c(-c3ccc(-c4ccc(-c5nc6cc(C)ccc6nc5-c5ccccc5)cc4)cc3)nc2c1. The first kappa shape index (κ1) is 27.5. The van der Waals surface area contributed by atoms with Crippen molar-refractivity contribution in [2.75, 3.05) is 0 Å². The van der Waals surface area contributed by atoms with Gasteiger partial charge >= 0.3 is 0 Å². The van der Waals surface area contributed by atoms with Gasteiger partial charge in [-0.15, -0.1) is 0 Å². The summed E-state index contributed by atoms with van der Waals surface area (Å²) in [4.78, 5) is 20.4. The van der Waals surface area contributed by atoms with E-state index in [2.05, 4.69) is 111 Å². The van der Waals surface area contributed by atoms with Crippen LogP contribution < -0.4 is 0 Å². The minimum absolute atomic E-state index is 0.879. The number of benzene rings is 6. The van der Waals surface area contributed by atoms with Gasteiger partial charge < -0.3 is 0 Å². The third kappa shape index (κ3) is 5.20. The van der Waals surface area contributed by atoms with Gasteiger partial charge in [-0.3, -0.25) is 0 Å². The maximum absolute atomic E-state index is 5.12. The Morgan fingerprint density at radius 1 is 0.283 bits per heavy atom. The van der Waals surface area contributed by atoms with Crippen molar-refractivity contribution in [2.24, 2.45) is 0 Å². The van der Waals surface area contributed by atoms with Crippen molar-refractivity contribution >= 4 is 22.1 Å². The van der Waals surface area contributed by atoms with Gasteiger partial charge in [0.15, 0.2) is 0 Å². The number of aryl methyl sites for hydroxylation is 2. The molecule has 0 amide bonds. The number of fused-ring (bicyclic) bond motifs is 2. The van der Waals surface area contributed by atoms with Gasteiger partial charge in [-0.25, -0.2) is 19.9 Å². The fourth-order valence-corrected chi connectivity index (χ4v) is 5.97. The summed E-state index contributed by atoms with van der Waals surface area (Å²) in [6.07, 6.45) is 0. The second kappa shape index (κ2) is 11.5. The molecule has 0 bridgehead atoms. The average molecular weight is 591 g/mol. The van der Waals surface area contributed by atoms with E-state index >= 15 is 0 Å². The van der Waals surface area contributed by atoms with Crippen LogP contribution in [0.3, 0.4) is 0 Å². The van der Waals surface area contributed by atoms with Gasteiger partial charge in [-0.1, -0.05) is 121 Å². The summed E-state index contributed by atoms with van der Waals surface area (Å²) >= 11 is 0. The summed E-state index contributed by atoms with van der Waals surface area (Å²) < 4.78 is 0. The number of nitrogens with zero attached hydrogens (tertiary/aromatic N) is 4. The molecule has 8 rings (SSSR count). The number of aromatic nitrogens is 4. The van der Waals surface area contributed by atoms with E-state index in [1.54, 1.807) is 0 Å². The summed E-state index contributed by atoms with van der Waals surface area (Å²) in [5.74, 6) is 0. The Bertz CT molecular complexity index is 2180. The van der Waals surface area contributed by atoms with Gasteiger partial charge in [-0.2, -0.15) is 0 Å². The molecule has 0 aliphatic rings. The van der Waals surface area contributed by atoms with Crippen molar-refractivity contribution in [1.82, 2.24) is 19.9 Å². The van der Waals surface area contributed by atoms with Gasteiger partial charge in [0.25, 0.3) is 0 Å². The van der Waals surface area contributed by atoms with E-state index in [9.17, 15) is 0 Å². The highest BCUT2D eigenvalue weighted by Crippen LogP contribution is 2.35. The van der Waals surface area contributed by atoms with Crippen LogP contribution in [-0.2, 0) is 0 Å². The van der Waals surface area contributed by atoms with E-state index in [1.165, 1.54) is 11.1 Å². The summed E-state index contributed by atoms with van der Waals surface area (Å²) in [6.45, 7) is 4.17. The third-order valence-electron chi connectivity index (χ3n) is 8.38. The summed E-state index contributed by atoms with van der Waals surface area (Å²) in [5.41, 5.74) is 15.9. The van der Waals surface area contributed by atoms with Crippen LogP contribution in [0, 0.1) is 13.8 Å². The fourth-order valence-electron chi connectivity index (χ4n) is 5.97. The molecule has 0 unspecified atom stereocenters. The molecular formula is C42H30N4. The van der Waals surface area contributed by atoms with Crippen molar-refractivity contribution in [3.8, 4) is 56.2 Å². The molecule has 0 fully saturated rings. The Hall–Kier alpha value is -6.00. The molecule has 0 N–H and O–H groups in total. The lowest BCUT2D eigenvalue weighted by molar-refractivity contribution is 1.28. The van der Waals surface area contributed by atoms with E-state index in [1.807, 2.05) is 48.5 Å². The van der Waals surface area contributed by atoms with Gasteiger partial charge in [0.1, 0.15) is 0 Å². The first-order valence-corrected chi connectivity index (χ1v) is 15.5. The second-order valence-electron chi connectivity index (χ2n) is 11.7. The third-order valence-corrected chi connectivity index (χ3v) is 8.38. The predicted molar refractivity (Wildman–Crippen MR) is 189 cm³/mol. The minimum Gasteiger partial charge on any atom is -0.244 e. The number of hydrogen-bond acceptors (Lipinski definition) is 4. The molecule has 218 valence electrons. The van der Waals surface area contributed by atoms with Crippen molar-refractivity contribution in [1.29, 1.82) is 0 Å². The van der Waals surface area contributed by atoms with E-state index < -0.39 is 0 Å². The topological polar surface area (TPSA) is 51.6 Å². The van der Waals surface area contributed by atoms with Crippen molar-refractivity contribution in [2.45, 2.75) is 13.8 Å². The van der Waals surface area contributed by atoms with Crippen LogP contribution in [0.2, 0.25) is 0 Å². The first-order chi connectivity index (χ1) is 22.6. The average Bonchev–Trinajstić information content (AvgIpc) is 3.11. The molecule has 0 atom stereocenters. The molecular weight excluding hydrogens is 560 g/mol. The van der Waals surface area contributed by atoms with Crippen LogP contribution >= 0.6 is 0 Å². The Kier molecular flexibility index (Phi) is 6.88. The summed E-state index contributed by atoms with van der Waals surface area (Å²) in [7, 11) is 0. The molecule has 4 nitrogen and oxygen atoms in total. The zero-order chi connectivity index (χ0) is 31.0. The molecule has 2 aromatic heterocycles. The molecule has 4 heteroatoms. The monoisotopic (exact) mass is 590 g/mol. The molecule has 2 heterocycles. The zero-order valence-corrected chi connectivity index (χ0v) is 25.6. The zero-order valence-electron chi connectivity index (χ0n) is 25.6. The Morgan fingerprint density at radius 2 is 0.587 bits per heavy atom. The first-order valence-electron chi connectivity index (χ1n) is 15.5. The van der Waals surface area contributed by atoms with Crippen molar-refractivity contribution in [3.63, 3.8) is 0 Å². The van der Waals surface area contributed by atoms with Crippen LogP contribution in [0.1, 0.15) is 11.1 Å². The Morgan fingerprint density at radius 3 is 0.957 bits per heavy atom. The molecule has 0 radical (unpaired) electrons. The largest absolute Gasteiger partial charge is 0.244 e. The van der Waals surface area contributed by atoms with Crippen molar-refractivity contribution in [3.05, 3.63) is 157 Å². The smallest absolute Gasteiger partial charge is 0.0973 e. The maximum Gasteiger partial charge on any atom is 0.0973 e. The summed E-state index contributed by atoms with van der Waals surface area (Å²) in [5, 5.41) is 0. The predicted octanol–water partition coefficient (Wildman–Crippen LogP) is 10.5. The molecule has 6 aromatic carbocycles. The molecule has 0 aliphatic carbocycles. The molecule has 8 aromatic rings. The van der Waals surface area contributed by atoms with Crippen LogP contribution in [0.5, 0.6) is 0 Å². The van der Waals surface area contributed by atoms with Gasteiger partial charge in [0.2, 0.25) is 0 Å². The molecule has 0 aliphatic heterocycles. The molecule has 0 saturated carbocycles. The molecule has 0 saturated heterocycles. The molecule has 0 spiro atoms. The number of hydrogen-bond donors (Lipinski definition) is 0. The second-order valence-corrected chi connectivity index (χ2v) is 11.7. The van der Waals surface area contributed by atoms with Crippen LogP contribution in [0.15, 0.2) is 146 Å². The highest BCUT2D eigenvalue weighted by Gasteiger charge is 2.16. The normalized spacial score (nSPS) is 11.3. The highest BCUT2D eigenvalue weighted by atomic mass is 14.8. The standard InChI is InChI=1S/C42H30N4/c1-27-13-23-35-37(25-27)45-41(39(43-35)31-9-5-3-6-10-31)33-19-15-29(16-20-33)30-17-21-34(22-18-30)42-40(32-11-7-4-8-12-32)44-36-24-14-28(2)26-38(36)46-42/h3-26H,1-2H3. The maximum atomic E-state index is 5.12. The van der Waals surface area contributed by atoms with E-state index in [0.717, 1.165) is 78.2 Å². The van der Waals surface area contributed by atoms with Gasteiger partial charge in [-0.05, 0) is 60.4 Å². The summed E-state index contributed by atoms with van der Waals surface area (Å²) in [6, 6.07) is 50.3. The van der Waals surface area contributed by atoms with E-state index in [0.29, 0.717) is 0 Å². The van der Waals surface area contributed by atoms with E-state index in [4.69, 9.17) is 19.9 Å². The Labute approximate surface area is 268 Å². The van der Waals surface area contributed by atoms with Crippen LogP contribution in [0.25, 0.3) is 78.2 Å². The minimum atomic E-state index is 0.879. The lowest BCUT2D eigenvalue weighted by Crippen LogP contribution is -1.96. The fraction of sp³-hybridized carbons (Fsp3) is 0.0476. The van der Waals surface area contributed by atoms with Gasteiger partial charge in [0.05, 0.1) is 44.8 Å². The number of rotatable bonds is 5. The Balaban J connectivity index is 1.17.